The second-order valence-corrected chi connectivity index (χ2v) is 13.6. The van der Waals surface area contributed by atoms with Gasteiger partial charge in [0.1, 0.15) is 12.3 Å². The van der Waals surface area contributed by atoms with Crippen molar-refractivity contribution in [2.75, 3.05) is 6.61 Å². The normalized spacial score (nSPS) is 25.2. The van der Waals surface area contributed by atoms with E-state index in [-0.39, 0.29) is 11.5 Å². The molecule has 136 valence electrons. The topological polar surface area (TPSA) is 93.5 Å². The van der Waals surface area contributed by atoms with Crippen molar-refractivity contribution in [3.05, 3.63) is 30.6 Å². The van der Waals surface area contributed by atoms with E-state index in [0.29, 0.717) is 10.2 Å². The van der Waals surface area contributed by atoms with Gasteiger partial charge >= 0.3 is 5.69 Å². The van der Waals surface area contributed by atoms with E-state index in [1.165, 1.54) is 10.8 Å². The molecule has 7 nitrogen and oxygen atoms in total. The summed E-state index contributed by atoms with van der Waals surface area (Å²) in [5, 5.41) is 10.3. The van der Waals surface area contributed by atoms with Crippen molar-refractivity contribution < 1.29 is 14.3 Å². The number of nitrogens with one attached hydrogen (secondary N) is 1. The van der Waals surface area contributed by atoms with Gasteiger partial charge in [-0.2, -0.15) is 0 Å². The lowest BCUT2D eigenvalue weighted by Crippen LogP contribution is -2.43. The van der Waals surface area contributed by atoms with Gasteiger partial charge in [-0.3, -0.25) is 14.3 Å². The first-order chi connectivity index (χ1) is 10.9. The van der Waals surface area contributed by atoms with Gasteiger partial charge < -0.3 is 14.3 Å². The molecule has 1 fully saturated rings. The first-order valence-corrected chi connectivity index (χ1v) is 11.9. The zero-order valence-corrected chi connectivity index (χ0v) is 17.8. The standard InChI is InChI=1S/C15H25IN2O5Si/c1-15(2,3)24(4,5)22-8-11-10(19)6-12(23-11)18-7-9(16)13(20)17-14(18)21/h7,10-12,19H,6,8H2,1-5H3,(H,17,20,21)/t10-,11+,12+/m1/s1. The number of hydrogen-bond donors (Lipinski definition) is 2. The average Bonchev–Trinajstić information content (AvgIpc) is 2.80. The van der Waals surface area contributed by atoms with Gasteiger partial charge in [0.25, 0.3) is 5.56 Å². The first-order valence-electron chi connectivity index (χ1n) is 7.91. The number of ether oxygens (including phenoxy) is 1. The molecule has 1 aliphatic heterocycles. The Morgan fingerprint density at radius 1 is 1.46 bits per heavy atom. The number of H-pyrrole nitrogens is 1. The molecule has 1 aromatic rings. The highest BCUT2D eigenvalue weighted by Gasteiger charge is 2.41. The molecular formula is C15H25IN2O5Si. The van der Waals surface area contributed by atoms with Gasteiger partial charge in [-0.05, 0) is 40.7 Å². The molecule has 0 aromatic carbocycles. The van der Waals surface area contributed by atoms with E-state index in [1.54, 1.807) is 0 Å². The van der Waals surface area contributed by atoms with Crippen LogP contribution in [0.1, 0.15) is 33.4 Å². The first kappa shape index (κ1) is 19.8. The maximum absolute atomic E-state index is 12.0. The molecule has 2 N–H and O–H groups in total. The predicted octanol–water partition coefficient (Wildman–Crippen LogP) is 1.81. The van der Waals surface area contributed by atoms with Gasteiger partial charge in [-0.1, -0.05) is 20.8 Å². The number of nitrogens with zero attached hydrogens (tertiary/aromatic N) is 1. The van der Waals surface area contributed by atoms with Crippen LogP contribution in [-0.2, 0) is 9.16 Å². The van der Waals surface area contributed by atoms with Crippen LogP contribution < -0.4 is 11.2 Å². The molecule has 1 aromatic heterocycles. The van der Waals surface area contributed by atoms with Gasteiger partial charge in [-0.25, -0.2) is 4.79 Å². The largest absolute Gasteiger partial charge is 0.414 e. The van der Waals surface area contributed by atoms with Crippen LogP contribution in [0.3, 0.4) is 0 Å². The minimum Gasteiger partial charge on any atom is -0.414 e. The summed E-state index contributed by atoms with van der Waals surface area (Å²) in [6, 6.07) is 0. The van der Waals surface area contributed by atoms with Gasteiger partial charge in [0, 0.05) is 12.6 Å². The molecule has 1 saturated heterocycles. The summed E-state index contributed by atoms with van der Waals surface area (Å²) in [7, 11) is -1.94. The Hall–Kier alpha value is -0.493. The zero-order chi connectivity index (χ0) is 18.3. The Bertz CT molecular complexity index is 709. The summed E-state index contributed by atoms with van der Waals surface area (Å²) in [6.45, 7) is 11.0. The van der Waals surface area contributed by atoms with Crippen LogP contribution in [0.25, 0.3) is 0 Å². The van der Waals surface area contributed by atoms with Crippen molar-refractivity contribution in [2.24, 2.45) is 0 Å². The fourth-order valence-corrected chi connectivity index (χ4v) is 3.67. The number of aliphatic hydroxyl groups excluding tert-OH is 1. The van der Waals surface area contributed by atoms with E-state index in [4.69, 9.17) is 9.16 Å². The lowest BCUT2D eigenvalue weighted by molar-refractivity contribution is -0.0433. The average molecular weight is 468 g/mol. The maximum Gasteiger partial charge on any atom is 0.330 e. The van der Waals surface area contributed by atoms with Crippen LogP contribution in [0, 0.1) is 3.57 Å². The Labute approximate surface area is 155 Å². The molecule has 0 bridgehead atoms. The summed E-state index contributed by atoms with van der Waals surface area (Å²) in [6.07, 6.45) is -0.0632. The van der Waals surface area contributed by atoms with Gasteiger partial charge in [0.05, 0.1) is 16.3 Å². The van der Waals surface area contributed by atoms with E-state index in [0.717, 1.165) is 0 Å². The third-order valence-electron chi connectivity index (χ3n) is 4.85. The lowest BCUT2D eigenvalue weighted by atomic mass is 10.2. The quantitative estimate of drug-likeness (QED) is 0.520. The summed E-state index contributed by atoms with van der Waals surface area (Å²) in [5.74, 6) is 0. The van der Waals surface area contributed by atoms with E-state index in [1.807, 2.05) is 22.6 Å². The number of hydrogen-bond acceptors (Lipinski definition) is 5. The zero-order valence-electron chi connectivity index (χ0n) is 14.6. The molecular weight excluding hydrogens is 443 g/mol. The van der Waals surface area contributed by atoms with Crippen molar-refractivity contribution in [1.82, 2.24) is 9.55 Å². The Balaban J connectivity index is 2.09. The summed E-state index contributed by atoms with van der Waals surface area (Å²) in [4.78, 5) is 25.7. The third-order valence-corrected chi connectivity index (χ3v) is 10.1. The molecule has 2 heterocycles. The van der Waals surface area contributed by atoms with Crippen molar-refractivity contribution >= 4 is 30.9 Å². The minimum absolute atomic E-state index is 0.0714. The molecule has 0 radical (unpaired) electrons. The third kappa shape index (κ3) is 4.18. The number of halogens is 1. The monoisotopic (exact) mass is 468 g/mol. The van der Waals surface area contributed by atoms with Gasteiger partial charge in [0.2, 0.25) is 0 Å². The summed E-state index contributed by atoms with van der Waals surface area (Å²) >= 11 is 1.86. The van der Waals surface area contributed by atoms with Crippen LogP contribution in [0.4, 0.5) is 0 Å². The van der Waals surface area contributed by atoms with E-state index in [9.17, 15) is 14.7 Å². The van der Waals surface area contributed by atoms with Crippen molar-refractivity contribution in [3.8, 4) is 0 Å². The number of aliphatic hydroxyl groups is 1. The van der Waals surface area contributed by atoms with Crippen LogP contribution in [-0.4, -0.2) is 41.8 Å². The van der Waals surface area contributed by atoms with Crippen molar-refractivity contribution in [2.45, 2.75) is 63.8 Å². The fourth-order valence-electron chi connectivity index (χ4n) is 2.22. The minimum atomic E-state index is -1.94. The highest BCUT2D eigenvalue weighted by Crippen LogP contribution is 2.37. The molecule has 2 rings (SSSR count). The number of aromatic nitrogens is 2. The Morgan fingerprint density at radius 2 is 2.08 bits per heavy atom. The van der Waals surface area contributed by atoms with Gasteiger partial charge in [-0.15, -0.1) is 0 Å². The lowest BCUT2D eigenvalue weighted by Gasteiger charge is -2.37. The highest BCUT2D eigenvalue weighted by molar-refractivity contribution is 14.1. The van der Waals surface area contributed by atoms with Crippen LogP contribution in [0.2, 0.25) is 18.1 Å². The number of rotatable bonds is 4. The van der Waals surface area contributed by atoms with E-state index in [2.05, 4.69) is 38.8 Å². The molecule has 0 aliphatic carbocycles. The smallest absolute Gasteiger partial charge is 0.330 e. The van der Waals surface area contributed by atoms with Crippen LogP contribution in [0.15, 0.2) is 15.8 Å². The summed E-state index contributed by atoms with van der Waals surface area (Å²) < 4.78 is 13.7. The molecule has 0 spiro atoms. The molecule has 1 aliphatic rings. The molecule has 9 heteroatoms. The molecule has 0 saturated carbocycles. The Kier molecular flexibility index (Phi) is 5.80. The Morgan fingerprint density at radius 3 is 2.67 bits per heavy atom. The molecule has 0 unspecified atom stereocenters. The van der Waals surface area contributed by atoms with E-state index < -0.39 is 38.0 Å². The second-order valence-electron chi connectivity index (χ2n) is 7.65. The van der Waals surface area contributed by atoms with Gasteiger partial charge in [0.15, 0.2) is 8.32 Å². The van der Waals surface area contributed by atoms with Crippen molar-refractivity contribution in [3.63, 3.8) is 0 Å². The maximum atomic E-state index is 12.0. The predicted molar refractivity (Wildman–Crippen MR) is 102 cm³/mol. The van der Waals surface area contributed by atoms with Crippen LogP contribution in [0.5, 0.6) is 0 Å². The van der Waals surface area contributed by atoms with E-state index >= 15 is 0 Å². The van der Waals surface area contributed by atoms with Crippen LogP contribution >= 0.6 is 22.6 Å². The molecule has 24 heavy (non-hydrogen) atoms. The highest BCUT2D eigenvalue weighted by atomic mass is 127. The molecule has 3 atom stereocenters. The fraction of sp³-hybridized carbons (Fsp3) is 0.733. The second kappa shape index (κ2) is 7.02. The molecule has 0 amide bonds. The number of aromatic amines is 1. The van der Waals surface area contributed by atoms with Crippen molar-refractivity contribution in [1.29, 1.82) is 0 Å². The SMILES string of the molecule is CC(C)(C)[Si](C)(C)OC[C@@H]1O[C@H](n2cc(I)c(=O)[nH]c2=O)C[C@H]1O. The summed E-state index contributed by atoms with van der Waals surface area (Å²) in [5.41, 5.74) is -0.961.